The number of hydrogen-bond acceptors (Lipinski definition) is 4. The minimum absolute atomic E-state index is 0.178. The third kappa shape index (κ3) is 3.62. The van der Waals surface area contributed by atoms with Crippen LogP contribution in [0.2, 0.25) is 0 Å². The number of nitrogens with two attached hydrogens (primary N) is 1. The minimum Gasteiger partial charge on any atom is -0.404 e. The molecule has 1 heterocycles. The summed E-state index contributed by atoms with van der Waals surface area (Å²) in [6.07, 6.45) is -1.27. The molecule has 1 aliphatic rings. The number of halogens is 3. The lowest BCUT2D eigenvalue weighted by molar-refractivity contribution is -0.258. The van der Waals surface area contributed by atoms with Gasteiger partial charge in [0.1, 0.15) is 0 Å². The SMILES string of the molecule is CC(O)(c1ccc(CN2CCc3cc(/C(C=N)=C/N)ccc32)cc1)C(F)(F)F. The average Bonchev–Trinajstić information content (AvgIpc) is 3.04. The van der Waals surface area contributed by atoms with Crippen molar-refractivity contribution in [1.82, 2.24) is 0 Å². The number of anilines is 1. The average molecular weight is 389 g/mol. The summed E-state index contributed by atoms with van der Waals surface area (Å²) >= 11 is 0. The van der Waals surface area contributed by atoms with Gasteiger partial charge in [-0.1, -0.05) is 30.3 Å². The molecule has 148 valence electrons. The molecule has 0 aliphatic carbocycles. The first kappa shape index (κ1) is 19.9. The van der Waals surface area contributed by atoms with Crippen LogP contribution in [0.1, 0.15) is 29.2 Å². The van der Waals surface area contributed by atoms with Gasteiger partial charge in [0.25, 0.3) is 0 Å². The molecule has 1 unspecified atom stereocenters. The van der Waals surface area contributed by atoms with Gasteiger partial charge in [0.2, 0.25) is 0 Å². The molecule has 0 saturated carbocycles. The van der Waals surface area contributed by atoms with E-state index in [0.717, 1.165) is 42.3 Å². The predicted octanol–water partition coefficient (Wildman–Crippen LogP) is 3.97. The second-order valence-electron chi connectivity index (χ2n) is 7.05. The van der Waals surface area contributed by atoms with E-state index in [1.54, 1.807) is 12.1 Å². The van der Waals surface area contributed by atoms with Crippen LogP contribution in [0.15, 0.2) is 48.7 Å². The number of benzene rings is 2. The van der Waals surface area contributed by atoms with Crippen LogP contribution in [0.25, 0.3) is 5.57 Å². The molecule has 0 bridgehead atoms. The van der Waals surface area contributed by atoms with E-state index in [9.17, 15) is 18.3 Å². The Kier molecular flexibility index (Phi) is 5.21. The Labute approximate surface area is 161 Å². The maximum Gasteiger partial charge on any atom is 0.421 e. The Balaban J connectivity index is 1.77. The summed E-state index contributed by atoms with van der Waals surface area (Å²) in [5.41, 5.74) is 7.11. The lowest BCUT2D eigenvalue weighted by Gasteiger charge is -2.27. The molecule has 0 fully saturated rings. The fourth-order valence-electron chi connectivity index (χ4n) is 3.36. The van der Waals surface area contributed by atoms with Crippen LogP contribution in [0.3, 0.4) is 0 Å². The molecule has 1 atom stereocenters. The third-order valence-electron chi connectivity index (χ3n) is 5.18. The van der Waals surface area contributed by atoms with Crippen LogP contribution in [-0.2, 0) is 18.6 Å². The molecule has 0 spiro atoms. The zero-order valence-corrected chi connectivity index (χ0v) is 15.4. The van der Waals surface area contributed by atoms with E-state index in [4.69, 9.17) is 11.1 Å². The molecule has 0 saturated heterocycles. The number of aliphatic hydroxyl groups is 1. The number of nitrogens with one attached hydrogen (secondary N) is 1. The van der Waals surface area contributed by atoms with Crippen LogP contribution >= 0.6 is 0 Å². The zero-order valence-electron chi connectivity index (χ0n) is 15.4. The Hall–Kier alpha value is -2.80. The molecule has 3 rings (SSSR count). The summed E-state index contributed by atoms with van der Waals surface area (Å²) in [5.74, 6) is 0. The summed E-state index contributed by atoms with van der Waals surface area (Å²) in [4.78, 5) is 2.16. The first-order chi connectivity index (χ1) is 13.2. The van der Waals surface area contributed by atoms with Gasteiger partial charge >= 0.3 is 6.18 Å². The Morgan fingerprint density at radius 3 is 2.46 bits per heavy atom. The fourth-order valence-corrected chi connectivity index (χ4v) is 3.36. The summed E-state index contributed by atoms with van der Waals surface area (Å²) in [6, 6.07) is 11.8. The van der Waals surface area contributed by atoms with E-state index in [2.05, 4.69) is 4.90 Å². The van der Waals surface area contributed by atoms with Gasteiger partial charge in [-0.05, 0) is 47.7 Å². The van der Waals surface area contributed by atoms with Gasteiger partial charge in [0.05, 0.1) is 0 Å². The number of hydrogen-bond donors (Lipinski definition) is 3. The highest BCUT2D eigenvalue weighted by Gasteiger charge is 2.51. The number of alkyl halides is 3. The van der Waals surface area contributed by atoms with E-state index in [1.807, 2.05) is 18.2 Å². The van der Waals surface area contributed by atoms with Crippen LogP contribution in [0.5, 0.6) is 0 Å². The van der Waals surface area contributed by atoms with Gasteiger partial charge in [-0.2, -0.15) is 13.2 Å². The van der Waals surface area contributed by atoms with Crippen molar-refractivity contribution in [3.63, 3.8) is 0 Å². The largest absolute Gasteiger partial charge is 0.421 e. The van der Waals surface area contributed by atoms with Gasteiger partial charge in [-0.25, -0.2) is 0 Å². The number of rotatable bonds is 5. The van der Waals surface area contributed by atoms with Gasteiger partial charge in [-0.3, -0.25) is 0 Å². The summed E-state index contributed by atoms with van der Waals surface area (Å²) in [5, 5.41) is 17.2. The van der Waals surface area contributed by atoms with Crippen LogP contribution in [0, 0.1) is 5.41 Å². The van der Waals surface area contributed by atoms with Crippen molar-refractivity contribution in [1.29, 1.82) is 5.41 Å². The van der Waals surface area contributed by atoms with Crippen molar-refractivity contribution >= 4 is 17.5 Å². The number of nitrogens with zero attached hydrogens (tertiary/aromatic N) is 1. The number of allylic oxidation sites excluding steroid dienone is 1. The molecule has 2 aromatic rings. The smallest absolute Gasteiger partial charge is 0.404 e. The molecule has 0 amide bonds. The predicted molar refractivity (Wildman–Crippen MR) is 104 cm³/mol. The maximum atomic E-state index is 13.0. The first-order valence-corrected chi connectivity index (χ1v) is 8.86. The molecule has 4 N–H and O–H groups in total. The summed E-state index contributed by atoms with van der Waals surface area (Å²) in [7, 11) is 0. The van der Waals surface area contributed by atoms with Crippen LogP contribution < -0.4 is 10.6 Å². The Bertz CT molecular complexity index is 902. The number of fused-ring (bicyclic) bond motifs is 1. The molecule has 1 aliphatic heterocycles. The van der Waals surface area contributed by atoms with E-state index < -0.39 is 11.8 Å². The van der Waals surface area contributed by atoms with E-state index >= 15 is 0 Å². The highest BCUT2D eigenvalue weighted by atomic mass is 19.4. The highest BCUT2D eigenvalue weighted by molar-refractivity contribution is 6.08. The third-order valence-corrected chi connectivity index (χ3v) is 5.18. The fraction of sp³-hybridized carbons (Fsp3) is 0.286. The van der Waals surface area contributed by atoms with E-state index in [-0.39, 0.29) is 5.56 Å². The molecule has 2 aromatic carbocycles. The van der Waals surface area contributed by atoms with E-state index in [0.29, 0.717) is 12.1 Å². The van der Waals surface area contributed by atoms with Crippen LogP contribution in [-0.4, -0.2) is 24.0 Å². The second-order valence-corrected chi connectivity index (χ2v) is 7.05. The van der Waals surface area contributed by atoms with Crippen molar-refractivity contribution in [2.24, 2.45) is 5.73 Å². The van der Waals surface area contributed by atoms with Gasteiger partial charge in [-0.15, -0.1) is 0 Å². The van der Waals surface area contributed by atoms with E-state index in [1.165, 1.54) is 24.5 Å². The molecule has 4 nitrogen and oxygen atoms in total. The standard InChI is InChI=1S/C21H22F3N3O/c1-20(28,21(22,23)24)18-5-2-14(3-6-18)13-27-9-8-16-10-15(4-7-19(16)27)17(11-25)12-26/h2-7,10-12,25,28H,8-9,13,26H2,1H3/b17-12+,25-11?. The zero-order chi connectivity index (χ0) is 20.5. The normalized spacial score (nSPS) is 16.6. The second kappa shape index (κ2) is 7.31. The molecular formula is C21H22F3N3O. The lowest BCUT2D eigenvalue weighted by Crippen LogP contribution is -2.39. The molecule has 0 radical (unpaired) electrons. The monoisotopic (exact) mass is 389 g/mol. The molecule has 7 heteroatoms. The quantitative estimate of drug-likeness (QED) is 0.678. The Morgan fingerprint density at radius 1 is 1.21 bits per heavy atom. The van der Waals surface area contributed by atoms with Crippen molar-refractivity contribution < 1.29 is 18.3 Å². The van der Waals surface area contributed by atoms with Crippen molar-refractivity contribution in [3.05, 3.63) is 70.9 Å². The van der Waals surface area contributed by atoms with Crippen LogP contribution in [0.4, 0.5) is 18.9 Å². The van der Waals surface area contributed by atoms with Gasteiger partial charge < -0.3 is 21.1 Å². The van der Waals surface area contributed by atoms with Gasteiger partial charge in [0.15, 0.2) is 5.60 Å². The molecular weight excluding hydrogens is 367 g/mol. The maximum absolute atomic E-state index is 13.0. The Morgan fingerprint density at radius 2 is 1.89 bits per heavy atom. The van der Waals surface area contributed by atoms with Crippen molar-refractivity contribution in [3.8, 4) is 0 Å². The summed E-state index contributed by atoms with van der Waals surface area (Å²) in [6.45, 7) is 2.12. The lowest BCUT2D eigenvalue weighted by atomic mass is 9.94. The summed E-state index contributed by atoms with van der Waals surface area (Å²) < 4.78 is 38.9. The highest BCUT2D eigenvalue weighted by Crippen LogP contribution is 2.38. The van der Waals surface area contributed by atoms with Crippen molar-refractivity contribution in [2.45, 2.75) is 31.7 Å². The molecule has 0 aromatic heterocycles. The first-order valence-electron chi connectivity index (χ1n) is 8.86. The minimum atomic E-state index is -4.73. The van der Waals surface area contributed by atoms with Crippen molar-refractivity contribution in [2.75, 3.05) is 11.4 Å². The van der Waals surface area contributed by atoms with Gasteiger partial charge in [0, 0.05) is 36.8 Å². The molecule has 28 heavy (non-hydrogen) atoms. The topological polar surface area (TPSA) is 73.3 Å².